The maximum atomic E-state index is 10.3. The lowest BCUT2D eigenvalue weighted by atomic mass is 10.0. The van der Waals surface area contributed by atoms with Crippen LogP contribution in [0.4, 0.5) is 0 Å². The van der Waals surface area contributed by atoms with Crippen molar-refractivity contribution in [2.75, 3.05) is 0 Å². The second-order valence-electron chi connectivity index (χ2n) is 4.11. The van der Waals surface area contributed by atoms with Crippen LogP contribution >= 0.6 is 23.2 Å². The Labute approximate surface area is 116 Å². The second kappa shape index (κ2) is 5.74. The molecule has 1 unspecified atom stereocenters. The number of hydrogen-bond acceptors (Lipinski definition) is 2. The fourth-order valence-corrected chi connectivity index (χ4v) is 2.18. The van der Waals surface area contributed by atoms with Crippen LogP contribution in [0.15, 0.2) is 30.6 Å². The fourth-order valence-electron chi connectivity index (χ4n) is 1.78. The lowest BCUT2D eigenvalue weighted by Crippen LogP contribution is -2.00. The molecule has 0 aliphatic rings. The third-order valence-electron chi connectivity index (χ3n) is 2.67. The molecule has 0 aliphatic heterocycles. The Morgan fingerprint density at radius 2 is 2.17 bits per heavy atom. The molecule has 0 fully saturated rings. The van der Waals surface area contributed by atoms with Crippen molar-refractivity contribution in [1.82, 2.24) is 9.78 Å². The summed E-state index contributed by atoms with van der Waals surface area (Å²) in [5.74, 6) is 0. The molecule has 18 heavy (non-hydrogen) atoms. The minimum absolute atomic E-state index is 0.496. The Morgan fingerprint density at radius 1 is 1.39 bits per heavy atom. The van der Waals surface area contributed by atoms with E-state index in [2.05, 4.69) is 12.0 Å². The topological polar surface area (TPSA) is 38.0 Å². The lowest BCUT2D eigenvalue weighted by molar-refractivity contribution is 0.220. The Balaban J connectivity index is 2.29. The Kier molecular flexibility index (Phi) is 4.27. The van der Waals surface area contributed by atoms with E-state index in [1.807, 2.05) is 6.20 Å². The number of aliphatic hydroxyl groups excluding tert-OH is 1. The van der Waals surface area contributed by atoms with Gasteiger partial charge in [-0.25, -0.2) is 0 Å². The normalized spacial score (nSPS) is 12.7. The predicted molar refractivity (Wildman–Crippen MR) is 73.0 cm³/mol. The molecule has 0 saturated heterocycles. The van der Waals surface area contributed by atoms with Gasteiger partial charge in [0.05, 0.1) is 6.20 Å². The smallest absolute Gasteiger partial charge is 0.109 e. The zero-order chi connectivity index (χ0) is 13.1. The third-order valence-corrected chi connectivity index (χ3v) is 3.25. The number of benzene rings is 1. The molecule has 96 valence electrons. The first-order valence-corrected chi connectivity index (χ1v) is 6.52. The highest BCUT2D eigenvalue weighted by molar-refractivity contribution is 6.33. The average molecular weight is 285 g/mol. The van der Waals surface area contributed by atoms with Gasteiger partial charge in [-0.05, 0) is 24.6 Å². The lowest BCUT2D eigenvalue weighted by Gasteiger charge is -2.11. The van der Waals surface area contributed by atoms with E-state index < -0.39 is 6.10 Å². The molecule has 0 spiro atoms. The molecule has 5 heteroatoms. The summed E-state index contributed by atoms with van der Waals surface area (Å²) in [5.41, 5.74) is 1.31. The van der Waals surface area contributed by atoms with Crippen LogP contribution in [0.3, 0.4) is 0 Å². The van der Waals surface area contributed by atoms with Crippen LogP contribution in [-0.4, -0.2) is 14.9 Å². The van der Waals surface area contributed by atoms with Crippen LogP contribution in [0.1, 0.15) is 30.6 Å². The molecular weight excluding hydrogens is 271 g/mol. The van der Waals surface area contributed by atoms with Crippen LogP contribution < -0.4 is 0 Å². The van der Waals surface area contributed by atoms with E-state index in [4.69, 9.17) is 23.2 Å². The van der Waals surface area contributed by atoms with Crippen LogP contribution in [-0.2, 0) is 6.54 Å². The van der Waals surface area contributed by atoms with E-state index in [1.165, 1.54) is 0 Å². The number of nitrogens with zero attached hydrogens (tertiary/aromatic N) is 2. The van der Waals surface area contributed by atoms with Gasteiger partial charge in [-0.15, -0.1) is 0 Å². The van der Waals surface area contributed by atoms with Gasteiger partial charge in [0.2, 0.25) is 0 Å². The van der Waals surface area contributed by atoms with Crippen molar-refractivity contribution in [2.24, 2.45) is 0 Å². The monoisotopic (exact) mass is 284 g/mol. The maximum absolute atomic E-state index is 10.3. The molecular formula is C13H14Cl2N2O. The standard InChI is InChI=1S/C13H14Cl2N2O/c1-2-5-17-8-9(7-16-17)13(18)11-6-10(14)3-4-12(11)15/h3-4,6-8,13,18H,2,5H2,1H3. The minimum Gasteiger partial charge on any atom is -0.383 e. The van der Waals surface area contributed by atoms with Gasteiger partial charge in [0.15, 0.2) is 0 Å². The highest BCUT2D eigenvalue weighted by Gasteiger charge is 2.16. The summed E-state index contributed by atoms with van der Waals surface area (Å²) in [6.07, 6.45) is 3.67. The fraction of sp³-hybridized carbons (Fsp3) is 0.308. The molecule has 1 heterocycles. The van der Waals surface area contributed by atoms with Gasteiger partial charge in [-0.3, -0.25) is 4.68 Å². The average Bonchev–Trinajstić information content (AvgIpc) is 2.80. The van der Waals surface area contributed by atoms with Crippen molar-refractivity contribution in [3.63, 3.8) is 0 Å². The van der Waals surface area contributed by atoms with Crippen LogP contribution in [0.25, 0.3) is 0 Å². The summed E-state index contributed by atoms with van der Waals surface area (Å²) in [6, 6.07) is 5.05. The Hall–Kier alpha value is -1.03. The number of aliphatic hydroxyl groups is 1. The van der Waals surface area contributed by atoms with Crippen molar-refractivity contribution in [3.05, 3.63) is 51.8 Å². The van der Waals surface area contributed by atoms with Gasteiger partial charge in [-0.1, -0.05) is 30.1 Å². The van der Waals surface area contributed by atoms with E-state index in [1.54, 1.807) is 29.1 Å². The summed E-state index contributed by atoms with van der Waals surface area (Å²) in [7, 11) is 0. The first-order chi connectivity index (χ1) is 8.61. The molecule has 0 amide bonds. The van der Waals surface area contributed by atoms with E-state index in [0.29, 0.717) is 21.2 Å². The molecule has 0 radical (unpaired) electrons. The molecule has 2 rings (SSSR count). The molecule has 2 aromatic rings. The van der Waals surface area contributed by atoms with Crippen molar-refractivity contribution >= 4 is 23.2 Å². The SMILES string of the molecule is CCCn1cc(C(O)c2cc(Cl)ccc2Cl)cn1. The molecule has 0 aliphatic carbocycles. The molecule has 1 aromatic carbocycles. The molecule has 3 nitrogen and oxygen atoms in total. The van der Waals surface area contributed by atoms with E-state index in [9.17, 15) is 5.11 Å². The van der Waals surface area contributed by atoms with Gasteiger partial charge in [0.25, 0.3) is 0 Å². The summed E-state index contributed by atoms with van der Waals surface area (Å²) < 4.78 is 1.80. The quantitative estimate of drug-likeness (QED) is 0.930. The zero-order valence-electron chi connectivity index (χ0n) is 9.98. The first kappa shape index (κ1) is 13.4. The van der Waals surface area contributed by atoms with Gasteiger partial charge in [-0.2, -0.15) is 5.10 Å². The molecule has 0 bridgehead atoms. The highest BCUT2D eigenvalue weighted by Crippen LogP contribution is 2.30. The summed E-state index contributed by atoms with van der Waals surface area (Å²) in [4.78, 5) is 0. The van der Waals surface area contributed by atoms with Crippen LogP contribution in [0, 0.1) is 0 Å². The Morgan fingerprint density at radius 3 is 2.89 bits per heavy atom. The van der Waals surface area contributed by atoms with Crippen molar-refractivity contribution in [1.29, 1.82) is 0 Å². The molecule has 1 N–H and O–H groups in total. The van der Waals surface area contributed by atoms with E-state index >= 15 is 0 Å². The largest absolute Gasteiger partial charge is 0.383 e. The summed E-state index contributed by atoms with van der Waals surface area (Å²) in [6.45, 7) is 2.90. The van der Waals surface area contributed by atoms with E-state index in [0.717, 1.165) is 13.0 Å². The zero-order valence-corrected chi connectivity index (χ0v) is 11.5. The summed E-state index contributed by atoms with van der Waals surface area (Å²) >= 11 is 12.0. The number of rotatable bonds is 4. The van der Waals surface area contributed by atoms with Gasteiger partial charge < -0.3 is 5.11 Å². The van der Waals surface area contributed by atoms with Crippen molar-refractivity contribution in [3.8, 4) is 0 Å². The van der Waals surface area contributed by atoms with Gasteiger partial charge in [0, 0.05) is 33.9 Å². The van der Waals surface area contributed by atoms with Gasteiger partial charge in [0.1, 0.15) is 6.10 Å². The van der Waals surface area contributed by atoms with Crippen LogP contribution in [0.5, 0.6) is 0 Å². The molecule has 1 aromatic heterocycles. The predicted octanol–water partition coefficient (Wildman–Crippen LogP) is 3.68. The molecule has 1 atom stereocenters. The second-order valence-corrected chi connectivity index (χ2v) is 4.95. The van der Waals surface area contributed by atoms with Crippen molar-refractivity contribution < 1.29 is 5.11 Å². The van der Waals surface area contributed by atoms with E-state index in [-0.39, 0.29) is 0 Å². The summed E-state index contributed by atoms with van der Waals surface area (Å²) in [5, 5.41) is 15.5. The third kappa shape index (κ3) is 2.86. The Bertz CT molecular complexity index is 540. The maximum Gasteiger partial charge on any atom is 0.109 e. The number of halogens is 2. The number of aromatic nitrogens is 2. The number of hydrogen-bond donors (Lipinski definition) is 1. The van der Waals surface area contributed by atoms with Crippen LogP contribution in [0.2, 0.25) is 10.0 Å². The highest BCUT2D eigenvalue weighted by atomic mass is 35.5. The molecule has 0 saturated carbocycles. The van der Waals surface area contributed by atoms with Crippen molar-refractivity contribution in [2.45, 2.75) is 26.0 Å². The first-order valence-electron chi connectivity index (χ1n) is 5.77. The minimum atomic E-state index is -0.804. The van der Waals surface area contributed by atoms with Gasteiger partial charge >= 0.3 is 0 Å². The number of aryl methyl sites for hydroxylation is 1.